The van der Waals surface area contributed by atoms with E-state index in [2.05, 4.69) is 5.32 Å². The Morgan fingerprint density at radius 3 is 2.00 bits per heavy atom. The average Bonchev–Trinajstić information content (AvgIpc) is 2.33. The fourth-order valence-electron chi connectivity index (χ4n) is 1.44. The Labute approximate surface area is 102 Å². The van der Waals surface area contributed by atoms with Gasteiger partial charge in [0.1, 0.15) is 11.5 Å². The summed E-state index contributed by atoms with van der Waals surface area (Å²) >= 11 is 0. The maximum atomic E-state index is 9.58. The van der Waals surface area contributed by atoms with Gasteiger partial charge in [-0.3, -0.25) is 0 Å². The number of rotatable bonds is 2. The number of phenolic OH excluding ortho intramolecular Hbond substituents is 5. The highest BCUT2D eigenvalue weighted by Crippen LogP contribution is 2.42. The highest BCUT2D eigenvalue weighted by molar-refractivity contribution is 5.74. The van der Waals surface area contributed by atoms with Crippen molar-refractivity contribution < 1.29 is 25.5 Å². The van der Waals surface area contributed by atoms with Crippen molar-refractivity contribution in [1.82, 2.24) is 0 Å². The van der Waals surface area contributed by atoms with E-state index in [1.165, 1.54) is 24.3 Å². The molecule has 6 nitrogen and oxygen atoms in total. The summed E-state index contributed by atoms with van der Waals surface area (Å²) in [5.74, 6) is -1.97. The molecule has 0 amide bonds. The molecular formula is C12H11NO5. The molecule has 0 spiro atoms. The van der Waals surface area contributed by atoms with E-state index >= 15 is 0 Å². The van der Waals surface area contributed by atoms with Crippen molar-refractivity contribution in [3.05, 3.63) is 30.3 Å². The second kappa shape index (κ2) is 4.25. The minimum atomic E-state index is -0.654. The van der Waals surface area contributed by atoms with Crippen LogP contribution in [0.25, 0.3) is 0 Å². The topological polar surface area (TPSA) is 113 Å². The Hall–Kier alpha value is -2.76. The molecule has 0 radical (unpaired) electrons. The molecule has 2 aromatic carbocycles. The molecular weight excluding hydrogens is 238 g/mol. The molecule has 18 heavy (non-hydrogen) atoms. The summed E-state index contributed by atoms with van der Waals surface area (Å²) in [5, 5.41) is 49.4. The van der Waals surface area contributed by atoms with Crippen LogP contribution in [0.15, 0.2) is 30.3 Å². The van der Waals surface area contributed by atoms with Crippen molar-refractivity contribution in [3.63, 3.8) is 0 Å². The maximum absolute atomic E-state index is 9.58. The fourth-order valence-corrected chi connectivity index (χ4v) is 1.44. The van der Waals surface area contributed by atoms with Crippen LogP contribution in [0.1, 0.15) is 0 Å². The molecule has 0 bridgehead atoms. The zero-order valence-electron chi connectivity index (χ0n) is 9.12. The summed E-state index contributed by atoms with van der Waals surface area (Å²) in [6, 6.07) is 6.39. The van der Waals surface area contributed by atoms with E-state index < -0.39 is 17.2 Å². The van der Waals surface area contributed by atoms with Gasteiger partial charge in [0.05, 0.1) is 11.4 Å². The van der Waals surface area contributed by atoms with Crippen molar-refractivity contribution in [2.24, 2.45) is 0 Å². The lowest BCUT2D eigenvalue weighted by Gasteiger charge is -2.11. The van der Waals surface area contributed by atoms with Crippen molar-refractivity contribution in [1.29, 1.82) is 0 Å². The van der Waals surface area contributed by atoms with Crippen LogP contribution < -0.4 is 5.32 Å². The van der Waals surface area contributed by atoms with E-state index in [-0.39, 0.29) is 22.9 Å². The summed E-state index contributed by atoms with van der Waals surface area (Å²) < 4.78 is 0. The Bertz CT molecular complexity index is 597. The Morgan fingerprint density at radius 1 is 0.667 bits per heavy atom. The second-order valence-electron chi connectivity index (χ2n) is 3.66. The molecule has 0 aliphatic carbocycles. The SMILES string of the molecule is Oc1ccc(Nc2ccc(O)c(O)c2O)c(O)c1. The van der Waals surface area contributed by atoms with Gasteiger partial charge in [0.2, 0.25) is 5.75 Å². The molecule has 0 aliphatic rings. The largest absolute Gasteiger partial charge is 0.508 e. The van der Waals surface area contributed by atoms with E-state index in [9.17, 15) is 15.3 Å². The van der Waals surface area contributed by atoms with Gasteiger partial charge >= 0.3 is 0 Å². The van der Waals surface area contributed by atoms with Gasteiger partial charge in [0, 0.05) is 6.07 Å². The number of hydrogen-bond donors (Lipinski definition) is 6. The van der Waals surface area contributed by atoms with Gasteiger partial charge in [0.15, 0.2) is 11.5 Å². The quantitative estimate of drug-likeness (QED) is 0.358. The van der Waals surface area contributed by atoms with Crippen molar-refractivity contribution in [2.45, 2.75) is 0 Å². The van der Waals surface area contributed by atoms with Crippen molar-refractivity contribution >= 4 is 11.4 Å². The zero-order valence-corrected chi connectivity index (χ0v) is 9.12. The Morgan fingerprint density at radius 2 is 1.33 bits per heavy atom. The lowest BCUT2D eigenvalue weighted by atomic mass is 10.2. The normalized spacial score (nSPS) is 10.2. The first-order valence-electron chi connectivity index (χ1n) is 5.02. The molecule has 0 aliphatic heterocycles. The first-order chi connectivity index (χ1) is 8.49. The number of nitrogens with one attached hydrogen (secondary N) is 1. The third-order valence-electron chi connectivity index (χ3n) is 2.38. The van der Waals surface area contributed by atoms with Crippen LogP contribution in [0.3, 0.4) is 0 Å². The maximum Gasteiger partial charge on any atom is 0.202 e. The summed E-state index contributed by atoms with van der Waals surface area (Å²) in [4.78, 5) is 0. The second-order valence-corrected chi connectivity index (χ2v) is 3.66. The molecule has 94 valence electrons. The molecule has 0 unspecified atom stereocenters. The fraction of sp³-hybridized carbons (Fsp3) is 0. The van der Waals surface area contributed by atoms with Gasteiger partial charge < -0.3 is 30.8 Å². The highest BCUT2D eigenvalue weighted by Gasteiger charge is 2.12. The van der Waals surface area contributed by atoms with Gasteiger partial charge in [-0.2, -0.15) is 0 Å². The van der Waals surface area contributed by atoms with Gasteiger partial charge in [-0.05, 0) is 24.3 Å². The van der Waals surface area contributed by atoms with Crippen LogP contribution in [0.4, 0.5) is 11.4 Å². The minimum Gasteiger partial charge on any atom is -0.508 e. The molecule has 6 N–H and O–H groups in total. The standard InChI is InChI=1S/C12H11NO5/c14-6-1-2-7(10(16)5-6)13-8-3-4-9(15)12(18)11(8)17/h1-5,13-18H. The summed E-state index contributed by atoms with van der Waals surface area (Å²) in [6.45, 7) is 0. The predicted octanol–water partition coefficient (Wildman–Crippen LogP) is 1.96. The van der Waals surface area contributed by atoms with Crippen LogP contribution >= 0.6 is 0 Å². The molecule has 0 aromatic heterocycles. The summed E-state index contributed by atoms with van der Waals surface area (Å²) in [7, 11) is 0. The first-order valence-corrected chi connectivity index (χ1v) is 5.02. The zero-order chi connectivity index (χ0) is 13.3. The predicted molar refractivity (Wildman–Crippen MR) is 64.5 cm³/mol. The number of phenols is 5. The molecule has 0 saturated heterocycles. The van der Waals surface area contributed by atoms with Gasteiger partial charge in [-0.25, -0.2) is 0 Å². The van der Waals surface area contributed by atoms with E-state index in [0.29, 0.717) is 0 Å². The van der Waals surface area contributed by atoms with Crippen molar-refractivity contribution in [3.8, 4) is 28.7 Å². The third kappa shape index (κ3) is 2.03. The molecule has 6 heteroatoms. The first kappa shape index (κ1) is 11.7. The molecule has 0 heterocycles. The van der Waals surface area contributed by atoms with E-state index in [4.69, 9.17) is 10.2 Å². The lowest BCUT2D eigenvalue weighted by Crippen LogP contribution is -1.91. The van der Waals surface area contributed by atoms with E-state index in [1.54, 1.807) is 0 Å². The van der Waals surface area contributed by atoms with Gasteiger partial charge in [0.25, 0.3) is 0 Å². The average molecular weight is 249 g/mol. The molecule has 2 rings (SSSR count). The summed E-state index contributed by atoms with van der Waals surface area (Å²) in [6.07, 6.45) is 0. The van der Waals surface area contributed by atoms with Crippen LogP contribution in [-0.4, -0.2) is 25.5 Å². The number of benzene rings is 2. The summed E-state index contributed by atoms with van der Waals surface area (Å²) in [5.41, 5.74) is 0.333. The Balaban J connectivity index is 2.37. The molecule has 2 aromatic rings. The van der Waals surface area contributed by atoms with E-state index in [1.807, 2.05) is 0 Å². The van der Waals surface area contributed by atoms with Crippen LogP contribution in [0, 0.1) is 0 Å². The monoisotopic (exact) mass is 249 g/mol. The van der Waals surface area contributed by atoms with Crippen molar-refractivity contribution in [2.75, 3.05) is 5.32 Å². The number of hydrogen-bond acceptors (Lipinski definition) is 6. The number of aromatic hydroxyl groups is 5. The minimum absolute atomic E-state index is 0.101. The van der Waals surface area contributed by atoms with Gasteiger partial charge in [-0.15, -0.1) is 0 Å². The smallest absolute Gasteiger partial charge is 0.202 e. The Kier molecular flexibility index (Phi) is 2.77. The third-order valence-corrected chi connectivity index (χ3v) is 2.38. The molecule has 0 saturated carbocycles. The molecule has 0 fully saturated rings. The molecule has 0 atom stereocenters. The lowest BCUT2D eigenvalue weighted by molar-refractivity contribution is 0.369. The van der Waals surface area contributed by atoms with Crippen LogP contribution in [0.5, 0.6) is 28.7 Å². The van der Waals surface area contributed by atoms with Gasteiger partial charge in [-0.1, -0.05) is 0 Å². The van der Waals surface area contributed by atoms with Crippen LogP contribution in [-0.2, 0) is 0 Å². The van der Waals surface area contributed by atoms with E-state index in [0.717, 1.165) is 6.07 Å². The number of anilines is 2. The highest BCUT2D eigenvalue weighted by atomic mass is 16.3. The van der Waals surface area contributed by atoms with Crippen LogP contribution in [0.2, 0.25) is 0 Å².